The standard InChI is InChI=1S/C22H36O7Si/c1-6-25-21-18-19(13-15-22(23)24-5)12-14-20(21)26-16-10-11-17-30(27-7-2,28-8-3)29-9-4/h12-15,18H,6-11,16-17H2,1-5H3/b15-13+. The summed E-state index contributed by atoms with van der Waals surface area (Å²) in [6.07, 6.45) is 4.78. The molecule has 0 atom stereocenters. The Morgan fingerprint density at radius 3 is 2.13 bits per heavy atom. The highest BCUT2D eigenvalue weighted by Gasteiger charge is 2.39. The second-order valence-corrected chi connectivity index (χ2v) is 9.02. The number of esters is 1. The second-order valence-electron chi connectivity index (χ2n) is 6.28. The van der Waals surface area contributed by atoms with Crippen LogP contribution in [0.3, 0.4) is 0 Å². The van der Waals surface area contributed by atoms with Gasteiger partial charge in [0.2, 0.25) is 0 Å². The van der Waals surface area contributed by atoms with E-state index in [2.05, 4.69) is 4.74 Å². The molecule has 170 valence electrons. The molecule has 1 aromatic rings. The predicted octanol–water partition coefficient (Wildman–Crippen LogP) is 4.48. The summed E-state index contributed by atoms with van der Waals surface area (Å²) in [7, 11) is -1.26. The Hall–Kier alpha value is -1.87. The second kappa shape index (κ2) is 15.0. The first-order valence-corrected chi connectivity index (χ1v) is 12.5. The Morgan fingerprint density at radius 2 is 1.57 bits per heavy atom. The molecule has 0 unspecified atom stereocenters. The fourth-order valence-electron chi connectivity index (χ4n) is 2.88. The van der Waals surface area contributed by atoms with Crippen molar-refractivity contribution in [3.63, 3.8) is 0 Å². The molecule has 8 heteroatoms. The van der Waals surface area contributed by atoms with Crippen molar-refractivity contribution in [1.29, 1.82) is 0 Å². The van der Waals surface area contributed by atoms with Crippen molar-refractivity contribution in [2.24, 2.45) is 0 Å². The monoisotopic (exact) mass is 440 g/mol. The van der Waals surface area contributed by atoms with Gasteiger partial charge < -0.3 is 27.5 Å². The van der Waals surface area contributed by atoms with Crippen LogP contribution in [0.25, 0.3) is 6.08 Å². The van der Waals surface area contributed by atoms with E-state index in [1.807, 2.05) is 45.9 Å². The summed E-state index contributed by atoms with van der Waals surface area (Å²) in [5.41, 5.74) is 0.831. The summed E-state index contributed by atoms with van der Waals surface area (Å²) in [5, 5.41) is 0. The largest absolute Gasteiger partial charge is 0.500 e. The number of benzene rings is 1. The minimum Gasteiger partial charge on any atom is -0.490 e. The van der Waals surface area contributed by atoms with Crippen molar-refractivity contribution in [2.45, 2.75) is 46.6 Å². The molecule has 0 spiro atoms. The zero-order chi connectivity index (χ0) is 22.2. The van der Waals surface area contributed by atoms with Crippen LogP contribution in [0.4, 0.5) is 0 Å². The van der Waals surface area contributed by atoms with Crippen molar-refractivity contribution in [3.05, 3.63) is 29.8 Å². The molecule has 0 aliphatic carbocycles. The summed E-state index contributed by atoms with van der Waals surface area (Å²) >= 11 is 0. The molecule has 0 amide bonds. The van der Waals surface area contributed by atoms with E-state index in [1.54, 1.807) is 6.08 Å². The third kappa shape index (κ3) is 9.29. The summed E-state index contributed by atoms with van der Waals surface area (Å²) in [4.78, 5) is 11.3. The SMILES string of the molecule is CCOc1cc(/C=C/C(=O)OC)ccc1OCCCC[Si](OCC)(OCC)OCC. The maximum Gasteiger partial charge on any atom is 0.500 e. The van der Waals surface area contributed by atoms with Crippen LogP contribution in [0, 0.1) is 0 Å². The zero-order valence-electron chi connectivity index (χ0n) is 18.9. The van der Waals surface area contributed by atoms with E-state index < -0.39 is 14.8 Å². The van der Waals surface area contributed by atoms with Gasteiger partial charge in [0.15, 0.2) is 11.5 Å². The summed E-state index contributed by atoms with van der Waals surface area (Å²) in [6, 6.07) is 6.33. The van der Waals surface area contributed by atoms with Gasteiger partial charge >= 0.3 is 14.8 Å². The van der Waals surface area contributed by atoms with Crippen LogP contribution in [-0.4, -0.2) is 54.9 Å². The Labute approximate surface area is 181 Å². The Kier molecular flexibility index (Phi) is 13.1. The topological polar surface area (TPSA) is 72.5 Å². The third-order valence-electron chi connectivity index (χ3n) is 4.11. The first-order valence-electron chi connectivity index (χ1n) is 10.6. The lowest BCUT2D eigenvalue weighted by Crippen LogP contribution is -2.45. The number of ether oxygens (including phenoxy) is 3. The molecule has 0 heterocycles. The van der Waals surface area contributed by atoms with E-state index in [0.717, 1.165) is 24.4 Å². The fourth-order valence-corrected chi connectivity index (χ4v) is 5.56. The first kappa shape index (κ1) is 26.2. The molecule has 0 aliphatic rings. The molecule has 0 radical (unpaired) electrons. The van der Waals surface area contributed by atoms with Gasteiger partial charge in [0, 0.05) is 31.9 Å². The molecular weight excluding hydrogens is 404 g/mol. The summed E-state index contributed by atoms with van der Waals surface area (Å²) in [6.45, 7) is 10.6. The maximum absolute atomic E-state index is 11.3. The van der Waals surface area contributed by atoms with Crippen molar-refractivity contribution < 1.29 is 32.3 Å². The number of hydrogen-bond donors (Lipinski definition) is 0. The van der Waals surface area contributed by atoms with Crippen LogP contribution >= 0.6 is 0 Å². The minimum absolute atomic E-state index is 0.404. The number of rotatable bonds is 16. The summed E-state index contributed by atoms with van der Waals surface area (Å²) < 4.78 is 33.9. The molecule has 0 bridgehead atoms. The Bertz CT molecular complexity index is 631. The van der Waals surface area contributed by atoms with Gasteiger partial charge in [-0.15, -0.1) is 0 Å². The van der Waals surface area contributed by atoms with E-state index in [9.17, 15) is 4.79 Å². The van der Waals surface area contributed by atoms with E-state index in [0.29, 0.717) is 44.5 Å². The van der Waals surface area contributed by atoms with Crippen LogP contribution < -0.4 is 9.47 Å². The Balaban J connectivity index is 2.64. The van der Waals surface area contributed by atoms with Crippen LogP contribution in [0.1, 0.15) is 46.1 Å². The van der Waals surface area contributed by atoms with Gasteiger partial charge in [-0.2, -0.15) is 0 Å². The number of hydrogen-bond acceptors (Lipinski definition) is 7. The van der Waals surface area contributed by atoms with Crippen LogP contribution in [-0.2, 0) is 22.8 Å². The molecule has 0 aliphatic heterocycles. The highest BCUT2D eigenvalue weighted by atomic mass is 28.4. The number of carbonyl (C=O) groups is 1. The van der Waals surface area contributed by atoms with E-state index in [4.69, 9.17) is 22.8 Å². The molecule has 0 fully saturated rings. The van der Waals surface area contributed by atoms with Gasteiger partial charge in [-0.25, -0.2) is 4.79 Å². The average molecular weight is 441 g/mol. The molecule has 30 heavy (non-hydrogen) atoms. The van der Waals surface area contributed by atoms with Crippen LogP contribution in [0.15, 0.2) is 24.3 Å². The number of carbonyl (C=O) groups excluding carboxylic acids is 1. The van der Waals surface area contributed by atoms with E-state index >= 15 is 0 Å². The van der Waals surface area contributed by atoms with Crippen molar-refractivity contribution in [3.8, 4) is 11.5 Å². The quantitative estimate of drug-likeness (QED) is 0.162. The lowest BCUT2D eigenvalue weighted by Gasteiger charge is -2.28. The minimum atomic E-state index is -2.60. The maximum atomic E-state index is 11.3. The zero-order valence-corrected chi connectivity index (χ0v) is 19.9. The van der Waals surface area contributed by atoms with Crippen LogP contribution in [0.2, 0.25) is 6.04 Å². The van der Waals surface area contributed by atoms with Crippen molar-refractivity contribution in [1.82, 2.24) is 0 Å². The van der Waals surface area contributed by atoms with Gasteiger partial charge in [0.1, 0.15) is 0 Å². The molecule has 1 rings (SSSR count). The molecule has 0 aromatic heterocycles. The fraction of sp³-hybridized carbons (Fsp3) is 0.591. The summed E-state index contributed by atoms with van der Waals surface area (Å²) in [5.74, 6) is 0.917. The number of methoxy groups -OCH3 is 1. The van der Waals surface area contributed by atoms with E-state index in [-0.39, 0.29) is 0 Å². The first-order chi connectivity index (χ1) is 14.5. The Morgan fingerprint density at radius 1 is 0.900 bits per heavy atom. The van der Waals surface area contributed by atoms with Gasteiger partial charge in [0.05, 0.1) is 20.3 Å². The van der Waals surface area contributed by atoms with Crippen LogP contribution in [0.5, 0.6) is 11.5 Å². The van der Waals surface area contributed by atoms with E-state index in [1.165, 1.54) is 13.2 Å². The smallest absolute Gasteiger partial charge is 0.490 e. The van der Waals surface area contributed by atoms with Gasteiger partial charge in [0.25, 0.3) is 0 Å². The highest BCUT2D eigenvalue weighted by molar-refractivity contribution is 6.60. The molecule has 1 aromatic carbocycles. The van der Waals surface area contributed by atoms with Crippen molar-refractivity contribution >= 4 is 20.8 Å². The molecule has 0 N–H and O–H groups in total. The average Bonchev–Trinajstić information content (AvgIpc) is 2.73. The normalized spacial score (nSPS) is 11.6. The third-order valence-corrected chi connectivity index (χ3v) is 7.26. The van der Waals surface area contributed by atoms with Gasteiger partial charge in [-0.1, -0.05) is 6.07 Å². The highest BCUT2D eigenvalue weighted by Crippen LogP contribution is 2.29. The number of unbranched alkanes of at least 4 members (excludes halogenated alkanes) is 1. The predicted molar refractivity (Wildman–Crippen MR) is 119 cm³/mol. The van der Waals surface area contributed by atoms with Crippen molar-refractivity contribution in [2.75, 3.05) is 40.1 Å². The molecule has 0 saturated carbocycles. The lowest BCUT2D eigenvalue weighted by atomic mass is 10.2. The van der Waals surface area contributed by atoms with Gasteiger partial charge in [-0.05, 0) is 64.3 Å². The molecule has 0 saturated heterocycles. The molecular formula is C22H36O7Si. The van der Waals surface area contributed by atoms with Gasteiger partial charge in [-0.3, -0.25) is 0 Å². The lowest BCUT2D eigenvalue weighted by molar-refractivity contribution is -0.134. The molecule has 7 nitrogen and oxygen atoms in total.